The molecule has 23 heavy (non-hydrogen) atoms. The Morgan fingerprint density at radius 3 is 2.48 bits per heavy atom. The lowest BCUT2D eigenvalue weighted by atomic mass is 10.0. The number of carbonyl (C=O) groups is 2. The topological polar surface area (TPSA) is 47.1 Å². The number of hydrogen-bond donors (Lipinski definition) is 0. The highest BCUT2D eigenvalue weighted by atomic mass is 16.2. The Kier molecular flexibility index (Phi) is 4.92. The zero-order valence-corrected chi connectivity index (χ0v) is 14.7. The van der Waals surface area contributed by atoms with E-state index in [0.29, 0.717) is 12.0 Å². The van der Waals surface area contributed by atoms with Gasteiger partial charge in [0.2, 0.25) is 11.8 Å². The highest BCUT2D eigenvalue weighted by molar-refractivity contribution is 5.83. The maximum absolute atomic E-state index is 12.3. The Hall–Kier alpha value is -1.14. The number of likely N-dealkylation sites (N-methyl/N-ethyl adjacent to an activating group) is 1. The summed E-state index contributed by atoms with van der Waals surface area (Å²) in [5.41, 5.74) is 0. The van der Waals surface area contributed by atoms with E-state index in [2.05, 4.69) is 16.7 Å². The first-order valence-corrected chi connectivity index (χ1v) is 8.96. The highest BCUT2D eigenvalue weighted by Crippen LogP contribution is 2.28. The summed E-state index contributed by atoms with van der Waals surface area (Å²) in [7, 11) is 1.91. The third-order valence-corrected chi connectivity index (χ3v) is 5.89. The first-order valence-electron chi connectivity index (χ1n) is 8.96. The molecule has 0 aliphatic carbocycles. The predicted molar refractivity (Wildman–Crippen MR) is 89.0 cm³/mol. The van der Waals surface area contributed by atoms with Gasteiger partial charge in [-0.05, 0) is 18.8 Å². The second-order valence-corrected chi connectivity index (χ2v) is 7.46. The molecule has 0 radical (unpaired) electrons. The van der Waals surface area contributed by atoms with Crippen LogP contribution in [0.15, 0.2) is 0 Å². The van der Waals surface area contributed by atoms with Gasteiger partial charge >= 0.3 is 0 Å². The standard InChI is InChI=1S/C17H30N4O2/c1-13-11-21(15-5-8-18(3)17(15)23)12-16(13)20-7-4-6-19(9-10-20)14(2)22/h13,15-16H,4-12H2,1-3H3. The molecule has 6 heteroatoms. The van der Waals surface area contributed by atoms with Crippen molar-refractivity contribution in [1.29, 1.82) is 0 Å². The van der Waals surface area contributed by atoms with Crippen LogP contribution in [0.2, 0.25) is 0 Å². The lowest BCUT2D eigenvalue weighted by molar-refractivity contribution is -0.131. The summed E-state index contributed by atoms with van der Waals surface area (Å²) in [6.07, 6.45) is 2.01. The molecule has 0 saturated carbocycles. The third kappa shape index (κ3) is 3.38. The quantitative estimate of drug-likeness (QED) is 0.723. The van der Waals surface area contributed by atoms with Crippen molar-refractivity contribution in [2.24, 2.45) is 5.92 Å². The van der Waals surface area contributed by atoms with Crippen LogP contribution in [0.5, 0.6) is 0 Å². The number of carbonyl (C=O) groups excluding carboxylic acids is 2. The van der Waals surface area contributed by atoms with Gasteiger partial charge in [0.15, 0.2) is 0 Å². The maximum Gasteiger partial charge on any atom is 0.239 e. The first kappa shape index (κ1) is 16.7. The van der Waals surface area contributed by atoms with Gasteiger partial charge in [0, 0.05) is 65.8 Å². The van der Waals surface area contributed by atoms with E-state index >= 15 is 0 Å². The third-order valence-electron chi connectivity index (χ3n) is 5.89. The molecule has 0 aromatic rings. The van der Waals surface area contributed by atoms with Gasteiger partial charge < -0.3 is 9.80 Å². The summed E-state index contributed by atoms with van der Waals surface area (Å²) >= 11 is 0. The average Bonchev–Trinajstić information content (AvgIpc) is 2.93. The Morgan fingerprint density at radius 2 is 1.83 bits per heavy atom. The van der Waals surface area contributed by atoms with Crippen LogP contribution in [0.3, 0.4) is 0 Å². The van der Waals surface area contributed by atoms with E-state index in [4.69, 9.17) is 0 Å². The van der Waals surface area contributed by atoms with E-state index in [1.165, 1.54) is 0 Å². The summed E-state index contributed by atoms with van der Waals surface area (Å²) in [6, 6.07) is 0.605. The second kappa shape index (κ2) is 6.77. The number of hydrogen-bond acceptors (Lipinski definition) is 4. The van der Waals surface area contributed by atoms with E-state index in [1.807, 2.05) is 16.8 Å². The molecule has 3 rings (SSSR count). The zero-order chi connectivity index (χ0) is 16.6. The molecular weight excluding hydrogens is 292 g/mol. The van der Waals surface area contributed by atoms with Gasteiger partial charge in [-0.15, -0.1) is 0 Å². The van der Waals surface area contributed by atoms with Crippen LogP contribution in [0.4, 0.5) is 0 Å². The van der Waals surface area contributed by atoms with E-state index < -0.39 is 0 Å². The van der Waals surface area contributed by atoms with Gasteiger partial charge in [-0.25, -0.2) is 0 Å². The SMILES string of the molecule is CC(=O)N1CCCN(C2CN(C3CCN(C)C3=O)CC2C)CC1. The van der Waals surface area contributed by atoms with Crippen LogP contribution in [-0.2, 0) is 9.59 Å². The molecule has 0 aromatic heterocycles. The number of amides is 2. The molecule has 3 aliphatic rings. The maximum atomic E-state index is 12.3. The van der Waals surface area contributed by atoms with Gasteiger partial charge in [0.25, 0.3) is 0 Å². The Bertz CT molecular complexity index is 470. The summed E-state index contributed by atoms with van der Waals surface area (Å²) in [6.45, 7) is 10.6. The van der Waals surface area contributed by atoms with Gasteiger partial charge in [-0.3, -0.25) is 19.4 Å². The number of nitrogens with zero attached hydrogens (tertiary/aromatic N) is 4. The molecule has 0 bridgehead atoms. The first-order chi connectivity index (χ1) is 11.0. The molecule has 2 amide bonds. The fourth-order valence-electron chi connectivity index (χ4n) is 4.44. The molecule has 6 nitrogen and oxygen atoms in total. The fourth-order valence-corrected chi connectivity index (χ4v) is 4.44. The minimum atomic E-state index is 0.0909. The van der Waals surface area contributed by atoms with Crippen LogP contribution in [0.25, 0.3) is 0 Å². The molecular formula is C17H30N4O2. The normalized spacial score (nSPS) is 34.2. The van der Waals surface area contributed by atoms with Gasteiger partial charge in [-0.1, -0.05) is 6.92 Å². The molecule has 3 aliphatic heterocycles. The lowest BCUT2D eigenvalue weighted by Gasteiger charge is -2.30. The molecule has 3 saturated heterocycles. The number of rotatable bonds is 2. The van der Waals surface area contributed by atoms with Gasteiger partial charge in [0.1, 0.15) is 0 Å². The van der Waals surface area contributed by atoms with E-state index in [-0.39, 0.29) is 17.9 Å². The van der Waals surface area contributed by atoms with Crippen LogP contribution >= 0.6 is 0 Å². The van der Waals surface area contributed by atoms with E-state index in [1.54, 1.807) is 6.92 Å². The summed E-state index contributed by atoms with van der Waals surface area (Å²) in [4.78, 5) is 32.7. The van der Waals surface area contributed by atoms with Crippen molar-refractivity contribution in [3.8, 4) is 0 Å². The van der Waals surface area contributed by atoms with Crippen molar-refractivity contribution >= 4 is 11.8 Å². The smallest absolute Gasteiger partial charge is 0.239 e. The van der Waals surface area contributed by atoms with Crippen LogP contribution < -0.4 is 0 Å². The van der Waals surface area contributed by atoms with Crippen LogP contribution in [0.1, 0.15) is 26.7 Å². The predicted octanol–water partition coefficient (Wildman–Crippen LogP) is 0.0916. The largest absolute Gasteiger partial charge is 0.344 e. The molecule has 0 aromatic carbocycles. The minimum absolute atomic E-state index is 0.0909. The van der Waals surface area contributed by atoms with E-state index in [0.717, 1.165) is 58.7 Å². The van der Waals surface area contributed by atoms with Crippen molar-refractivity contribution in [2.75, 3.05) is 52.9 Å². The summed E-state index contributed by atoms with van der Waals surface area (Å²) in [5.74, 6) is 1.06. The van der Waals surface area contributed by atoms with Crippen molar-refractivity contribution in [3.05, 3.63) is 0 Å². The van der Waals surface area contributed by atoms with Gasteiger partial charge in [-0.2, -0.15) is 0 Å². The molecule has 3 unspecified atom stereocenters. The monoisotopic (exact) mass is 322 g/mol. The van der Waals surface area contributed by atoms with Crippen LogP contribution in [0, 0.1) is 5.92 Å². The molecule has 0 N–H and O–H groups in total. The molecule has 3 atom stereocenters. The van der Waals surface area contributed by atoms with E-state index in [9.17, 15) is 9.59 Å². The fraction of sp³-hybridized carbons (Fsp3) is 0.882. The van der Waals surface area contributed by atoms with Crippen molar-refractivity contribution in [3.63, 3.8) is 0 Å². The molecule has 3 heterocycles. The number of likely N-dealkylation sites (tertiary alicyclic amines) is 2. The van der Waals surface area contributed by atoms with Crippen molar-refractivity contribution < 1.29 is 9.59 Å². The molecule has 0 spiro atoms. The Balaban J connectivity index is 1.60. The Morgan fingerprint density at radius 1 is 1.04 bits per heavy atom. The van der Waals surface area contributed by atoms with Crippen molar-refractivity contribution in [2.45, 2.75) is 38.8 Å². The highest BCUT2D eigenvalue weighted by Gasteiger charge is 2.42. The zero-order valence-electron chi connectivity index (χ0n) is 14.7. The summed E-state index contributed by atoms with van der Waals surface area (Å²) in [5, 5.41) is 0. The second-order valence-electron chi connectivity index (χ2n) is 7.46. The molecule has 130 valence electrons. The Labute approximate surface area is 139 Å². The summed E-state index contributed by atoms with van der Waals surface area (Å²) < 4.78 is 0. The minimum Gasteiger partial charge on any atom is -0.344 e. The van der Waals surface area contributed by atoms with Gasteiger partial charge in [0.05, 0.1) is 6.04 Å². The average molecular weight is 322 g/mol. The van der Waals surface area contributed by atoms with Crippen molar-refractivity contribution in [1.82, 2.24) is 19.6 Å². The lowest BCUT2D eigenvalue weighted by Crippen LogP contribution is -2.44. The molecule has 3 fully saturated rings. The van der Waals surface area contributed by atoms with Crippen LogP contribution in [-0.4, -0.2) is 96.4 Å².